The van der Waals surface area contributed by atoms with Crippen LogP contribution < -0.4 is 10.6 Å². The van der Waals surface area contributed by atoms with Gasteiger partial charge in [0.15, 0.2) is 0 Å². The minimum atomic E-state index is 0. The first-order valence-corrected chi connectivity index (χ1v) is 6.41. The van der Waals surface area contributed by atoms with E-state index in [4.69, 9.17) is 11.6 Å². The van der Waals surface area contributed by atoms with Crippen LogP contribution in [0.1, 0.15) is 25.7 Å². The van der Waals surface area contributed by atoms with Gasteiger partial charge in [-0.05, 0) is 37.9 Å². The number of benzene rings is 1. The van der Waals surface area contributed by atoms with Crippen LogP contribution in [0.25, 0.3) is 0 Å². The van der Waals surface area contributed by atoms with Crippen LogP contribution in [0.2, 0.25) is 5.02 Å². The van der Waals surface area contributed by atoms with E-state index >= 15 is 0 Å². The second kappa shape index (κ2) is 7.62. The van der Waals surface area contributed by atoms with Gasteiger partial charge in [0, 0.05) is 12.5 Å². The SMILES string of the molecule is Cl.O=C(CCC1CCCN1)Nc1ccccc1Cl. The standard InChI is InChI=1S/C13H17ClN2O.ClH/c14-11-5-1-2-6-12(11)16-13(17)8-7-10-4-3-9-15-10;/h1-2,5-6,10,15H,3-4,7-9H2,(H,16,17);1H. The Kier molecular flexibility index (Phi) is 6.47. The summed E-state index contributed by atoms with van der Waals surface area (Å²) < 4.78 is 0. The fraction of sp³-hybridized carbons (Fsp3) is 0.462. The number of carbonyl (C=O) groups excluding carboxylic acids is 1. The van der Waals surface area contributed by atoms with Crippen molar-refractivity contribution in [2.24, 2.45) is 0 Å². The maximum Gasteiger partial charge on any atom is 0.224 e. The van der Waals surface area contributed by atoms with E-state index in [1.165, 1.54) is 12.8 Å². The van der Waals surface area contributed by atoms with Crippen molar-refractivity contribution in [1.82, 2.24) is 5.32 Å². The first-order valence-electron chi connectivity index (χ1n) is 6.03. The van der Waals surface area contributed by atoms with Gasteiger partial charge in [-0.15, -0.1) is 12.4 Å². The molecule has 0 radical (unpaired) electrons. The molecule has 0 saturated carbocycles. The summed E-state index contributed by atoms with van der Waals surface area (Å²) in [7, 11) is 0. The molecule has 1 aromatic rings. The monoisotopic (exact) mass is 288 g/mol. The summed E-state index contributed by atoms with van der Waals surface area (Å²) in [6.45, 7) is 1.08. The van der Waals surface area contributed by atoms with E-state index in [-0.39, 0.29) is 18.3 Å². The lowest BCUT2D eigenvalue weighted by atomic mass is 10.1. The van der Waals surface area contributed by atoms with Crippen LogP contribution in [0.3, 0.4) is 0 Å². The molecule has 1 atom stereocenters. The zero-order chi connectivity index (χ0) is 12.1. The summed E-state index contributed by atoms with van der Waals surface area (Å²) in [5.41, 5.74) is 0.693. The van der Waals surface area contributed by atoms with Crippen LogP contribution >= 0.6 is 24.0 Å². The molecule has 3 nitrogen and oxygen atoms in total. The molecule has 1 aliphatic heterocycles. The number of hydrogen-bond donors (Lipinski definition) is 2. The van der Waals surface area contributed by atoms with Gasteiger partial charge in [0.1, 0.15) is 0 Å². The van der Waals surface area contributed by atoms with Gasteiger partial charge < -0.3 is 10.6 Å². The largest absolute Gasteiger partial charge is 0.325 e. The average Bonchev–Trinajstić information content (AvgIpc) is 2.82. The van der Waals surface area contributed by atoms with Crippen LogP contribution in [-0.2, 0) is 4.79 Å². The van der Waals surface area contributed by atoms with Gasteiger partial charge >= 0.3 is 0 Å². The Bertz CT molecular complexity index is 392. The van der Waals surface area contributed by atoms with E-state index in [2.05, 4.69) is 10.6 Å². The molecule has 2 N–H and O–H groups in total. The van der Waals surface area contributed by atoms with E-state index < -0.39 is 0 Å². The molecule has 100 valence electrons. The summed E-state index contributed by atoms with van der Waals surface area (Å²) in [6.07, 6.45) is 3.84. The lowest BCUT2D eigenvalue weighted by Crippen LogP contribution is -2.23. The molecule has 0 aliphatic carbocycles. The van der Waals surface area contributed by atoms with Gasteiger partial charge in [-0.1, -0.05) is 23.7 Å². The van der Waals surface area contributed by atoms with Gasteiger partial charge in [-0.25, -0.2) is 0 Å². The number of hydrogen-bond acceptors (Lipinski definition) is 2. The van der Waals surface area contributed by atoms with E-state index in [0.717, 1.165) is 13.0 Å². The molecule has 1 aliphatic rings. The Hall–Kier alpha value is -0.770. The van der Waals surface area contributed by atoms with E-state index in [0.29, 0.717) is 23.2 Å². The Morgan fingerprint density at radius 3 is 2.89 bits per heavy atom. The summed E-state index contributed by atoms with van der Waals surface area (Å²) in [5, 5.41) is 6.80. The van der Waals surface area contributed by atoms with Crippen molar-refractivity contribution in [3.63, 3.8) is 0 Å². The van der Waals surface area contributed by atoms with Gasteiger partial charge in [0.05, 0.1) is 10.7 Å². The average molecular weight is 289 g/mol. The molecule has 1 saturated heterocycles. The summed E-state index contributed by atoms with van der Waals surface area (Å²) in [5.74, 6) is 0.0341. The van der Waals surface area contributed by atoms with Crippen molar-refractivity contribution in [3.8, 4) is 0 Å². The lowest BCUT2D eigenvalue weighted by molar-refractivity contribution is -0.116. The van der Waals surface area contributed by atoms with Crippen molar-refractivity contribution in [2.75, 3.05) is 11.9 Å². The maximum absolute atomic E-state index is 11.7. The van der Waals surface area contributed by atoms with Crippen LogP contribution in [0.15, 0.2) is 24.3 Å². The number of amides is 1. The van der Waals surface area contributed by atoms with Crippen molar-refractivity contribution in [3.05, 3.63) is 29.3 Å². The third kappa shape index (κ3) is 4.48. The van der Waals surface area contributed by atoms with Gasteiger partial charge in [0.25, 0.3) is 0 Å². The van der Waals surface area contributed by atoms with Crippen LogP contribution in [0.4, 0.5) is 5.69 Å². The lowest BCUT2D eigenvalue weighted by Gasteiger charge is -2.10. The first-order chi connectivity index (χ1) is 8.25. The van der Waals surface area contributed by atoms with Crippen LogP contribution in [0.5, 0.6) is 0 Å². The molecule has 0 aromatic heterocycles. The van der Waals surface area contributed by atoms with Crippen molar-refractivity contribution >= 4 is 35.6 Å². The highest BCUT2D eigenvalue weighted by atomic mass is 35.5. The number of carbonyl (C=O) groups is 1. The third-order valence-electron chi connectivity index (χ3n) is 3.03. The second-order valence-corrected chi connectivity index (χ2v) is 4.77. The molecule has 0 bridgehead atoms. The summed E-state index contributed by atoms with van der Waals surface area (Å²) >= 11 is 5.97. The number of halogens is 2. The molecular formula is C13H18Cl2N2O. The highest BCUT2D eigenvalue weighted by Gasteiger charge is 2.15. The molecule has 2 rings (SSSR count). The molecule has 1 aromatic carbocycles. The number of anilines is 1. The van der Waals surface area contributed by atoms with Crippen molar-refractivity contribution in [2.45, 2.75) is 31.7 Å². The zero-order valence-electron chi connectivity index (χ0n) is 10.1. The van der Waals surface area contributed by atoms with Crippen molar-refractivity contribution < 1.29 is 4.79 Å². The fourth-order valence-electron chi connectivity index (χ4n) is 2.08. The highest BCUT2D eigenvalue weighted by molar-refractivity contribution is 6.33. The van der Waals surface area contributed by atoms with E-state index in [1.807, 2.05) is 18.2 Å². The Morgan fingerprint density at radius 2 is 2.22 bits per heavy atom. The Labute approximate surface area is 119 Å². The smallest absolute Gasteiger partial charge is 0.224 e. The van der Waals surface area contributed by atoms with Crippen LogP contribution in [-0.4, -0.2) is 18.5 Å². The number of nitrogens with one attached hydrogen (secondary N) is 2. The highest BCUT2D eigenvalue weighted by Crippen LogP contribution is 2.21. The van der Waals surface area contributed by atoms with Gasteiger partial charge in [-0.2, -0.15) is 0 Å². The number of rotatable bonds is 4. The predicted octanol–water partition coefficient (Wildman–Crippen LogP) is 3.23. The topological polar surface area (TPSA) is 41.1 Å². The summed E-state index contributed by atoms with van der Waals surface area (Å²) in [6, 6.07) is 7.80. The van der Waals surface area contributed by atoms with Gasteiger partial charge in [-0.3, -0.25) is 4.79 Å². The fourth-order valence-corrected chi connectivity index (χ4v) is 2.27. The summed E-state index contributed by atoms with van der Waals surface area (Å²) in [4.78, 5) is 11.7. The normalized spacial score (nSPS) is 18.2. The van der Waals surface area contributed by atoms with E-state index in [1.54, 1.807) is 6.07 Å². The first kappa shape index (κ1) is 15.3. The minimum Gasteiger partial charge on any atom is -0.325 e. The van der Waals surface area contributed by atoms with Crippen molar-refractivity contribution in [1.29, 1.82) is 0 Å². The third-order valence-corrected chi connectivity index (χ3v) is 3.36. The molecule has 5 heteroatoms. The van der Waals surface area contributed by atoms with Gasteiger partial charge in [0.2, 0.25) is 5.91 Å². The maximum atomic E-state index is 11.7. The second-order valence-electron chi connectivity index (χ2n) is 4.36. The molecule has 1 heterocycles. The minimum absolute atomic E-state index is 0. The molecular weight excluding hydrogens is 271 g/mol. The molecule has 0 spiro atoms. The molecule has 1 unspecified atom stereocenters. The Balaban J connectivity index is 0.00000162. The molecule has 1 fully saturated rings. The van der Waals surface area contributed by atoms with E-state index in [9.17, 15) is 4.79 Å². The zero-order valence-corrected chi connectivity index (χ0v) is 11.7. The predicted molar refractivity (Wildman–Crippen MR) is 77.6 cm³/mol. The molecule has 1 amide bonds. The number of para-hydroxylation sites is 1. The molecule has 18 heavy (non-hydrogen) atoms. The Morgan fingerprint density at radius 1 is 1.44 bits per heavy atom. The quantitative estimate of drug-likeness (QED) is 0.893. The van der Waals surface area contributed by atoms with Crippen LogP contribution in [0, 0.1) is 0 Å².